The standard InChI is InChI=1S/C30H47NO10/c1-8-18(4)13-26(32)39-21(7)14-23(27(31)28(33)34)22-11-12-24(40-29(35)37-16-19(5)9-2)25(15-22)41-30(36)38-17-20(6)10-3/h11-12,15,18-21,23,27H,8-10,13-14,16-17,31H2,1-7H3,(H,33,34)/t18?,19?,20?,21?,23?,27-/m0/s1. The number of carbonyl (C=O) groups excluding carboxylic acids is 3. The minimum absolute atomic E-state index is 0.0781. The molecular weight excluding hydrogens is 534 g/mol. The Hall–Kier alpha value is -3.34. The van der Waals surface area contributed by atoms with Gasteiger partial charge < -0.3 is 34.5 Å². The predicted molar refractivity (Wildman–Crippen MR) is 152 cm³/mol. The first-order valence-electron chi connectivity index (χ1n) is 14.3. The first-order chi connectivity index (χ1) is 19.3. The Morgan fingerprint density at radius 3 is 1.80 bits per heavy atom. The van der Waals surface area contributed by atoms with E-state index in [-0.39, 0.29) is 61.3 Å². The second-order valence-electron chi connectivity index (χ2n) is 10.8. The maximum Gasteiger partial charge on any atom is 0.513 e. The number of rotatable bonds is 17. The summed E-state index contributed by atoms with van der Waals surface area (Å²) in [4.78, 5) is 49.0. The fourth-order valence-electron chi connectivity index (χ4n) is 3.58. The molecule has 0 amide bonds. The molecule has 0 aromatic heterocycles. The maximum absolute atomic E-state index is 12.5. The Kier molecular flexibility index (Phi) is 15.8. The Morgan fingerprint density at radius 1 is 0.805 bits per heavy atom. The van der Waals surface area contributed by atoms with Gasteiger partial charge in [-0.2, -0.15) is 0 Å². The van der Waals surface area contributed by atoms with Crippen LogP contribution in [0.3, 0.4) is 0 Å². The van der Waals surface area contributed by atoms with E-state index in [1.165, 1.54) is 18.2 Å². The van der Waals surface area contributed by atoms with Gasteiger partial charge >= 0.3 is 24.2 Å². The molecule has 1 rings (SSSR count). The van der Waals surface area contributed by atoms with Crippen LogP contribution in [-0.2, 0) is 23.8 Å². The van der Waals surface area contributed by atoms with Gasteiger partial charge in [0.05, 0.1) is 19.3 Å². The second kappa shape index (κ2) is 18.2. The smallest absolute Gasteiger partial charge is 0.480 e. The van der Waals surface area contributed by atoms with Crippen molar-refractivity contribution < 1.29 is 48.0 Å². The van der Waals surface area contributed by atoms with Crippen LogP contribution in [0.1, 0.15) is 92.1 Å². The van der Waals surface area contributed by atoms with E-state index in [4.69, 9.17) is 29.4 Å². The van der Waals surface area contributed by atoms with Gasteiger partial charge in [-0.15, -0.1) is 0 Å². The van der Waals surface area contributed by atoms with E-state index >= 15 is 0 Å². The normalized spacial score (nSPS) is 15.4. The summed E-state index contributed by atoms with van der Waals surface area (Å²) in [7, 11) is 0. The molecule has 0 aliphatic rings. The van der Waals surface area contributed by atoms with Gasteiger partial charge in [0, 0.05) is 12.3 Å². The van der Waals surface area contributed by atoms with Gasteiger partial charge in [0.15, 0.2) is 11.5 Å². The summed E-state index contributed by atoms with van der Waals surface area (Å²) in [6, 6.07) is 2.86. The minimum atomic E-state index is -1.37. The lowest BCUT2D eigenvalue weighted by atomic mass is 9.87. The van der Waals surface area contributed by atoms with E-state index in [9.17, 15) is 24.3 Å². The molecule has 0 heterocycles. The number of carboxylic acid groups (broad SMARTS) is 1. The molecule has 1 aromatic rings. The lowest BCUT2D eigenvalue weighted by Crippen LogP contribution is -2.38. The first-order valence-corrected chi connectivity index (χ1v) is 14.3. The zero-order chi connectivity index (χ0) is 31.1. The third-order valence-electron chi connectivity index (χ3n) is 7.00. The van der Waals surface area contributed by atoms with Crippen molar-refractivity contribution in [2.45, 2.75) is 98.6 Å². The van der Waals surface area contributed by atoms with E-state index in [0.717, 1.165) is 19.3 Å². The largest absolute Gasteiger partial charge is 0.513 e. The number of hydrogen-bond donors (Lipinski definition) is 2. The minimum Gasteiger partial charge on any atom is -0.480 e. The summed E-state index contributed by atoms with van der Waals surface area (Å²) in [6.07, 6.45) is 0.0592. The molecule has 232 valence electrons. The lowest BCUT2D eigenvalue weighted by Gasteiger charge is -2.25. The summed E-state index contributed by atoms with van der Waals surface area (Å²) in [5.74, 6) is -2.43. The SMILES string of the molecule is CCC(C)COC(=O)Oc1ccc(C(CC(C)OC(=O)CC(C)CC)[C@H](N)C(=O)O)cc1OC(=O)OCC(C)CC. The highest BCUT2D eigenvalue weighted by Crippen LogP contribution is 2.35. The molecule has 0 saturated heterocycles. The Morgan fingerprint density at radius 2 is 1.32 bits per heavy atom. The summed E-state index contributed by atoms with van der Waals surface area (Å²) >= 11 is 0. The fraction of sp³-hybridized carbons (Fsp3) is 0.667. The number of ether oxygens (including phenoxy) is 5. The third-order valence-corrected chi connectivity index (χ3v) is 7.00. The van der Waals surface area contributed by atoms with Crippen LogP contribution in [0.25, 0.3) is 0 Å². The number of nitrogens with two attached hydrogens (primary N) is 1. The average molecular weight is 582 g/mol. The van der Waals surface area contributed by atoms with E-state index in [2.05, 4.69) is 0 Å². The molecule has 0 bridgehead atoms. The van der Waals surface area contributed by atoms with Gasteiger partial charge in [0.25, 0.3) is 0 Å². The van der Waals surface area contributed by atoms with Gasteiger partial charge in [-0.05, 0) is 48.8 Å². The maximum atomic E-state index is 12.5. The molecule has 0 fully saturated rings. The summed E-state index contributed by atoms with van der Waals surface area (Å²) in [5.41, 5.74) is 6.41. The number of esters is 1. The average Bonchev–Trinajstić information content (AvgIpc) is 2.93. The van der Waals surface area contributed by atoms with Crippen molar-refractivity contribution in [3.63, 3.8) is 0 Å². The van der Waals surface area contributed by atoms with Crippen LogP contribution >= 0.6 is 0 Å². The van der Waals surface area contributed by atoms with Gasteiger partial charge in [-0.25, -0.2) is 9.59 Å². The van der Waals surface area contributed by atoms with Crippen molar-refractivity contribution >= 4 is 24.2 Å². The summed E-state index contributed by atoms with van der Waals surface area (Å²) < 4.78 is 26.5. The lowest BCUT2D eigenvalue weighted by molar-refractivity contribution is -0.149. The van der Waals surface area contributed by atoms with Crippen LogP contribution in [0.4, 0.5) is 9.59 Å². The number of carboxylic acids is 1. The van der Waals surface area contributed by atoms with Crippen molar-refractivity contribution in [1.82, 2.24) is 0 Å². The van der Waals surface area contributed by atoms with E-state index in [1.54, 1.807) is 6.92 Å². The van der Waals surface area contributed by atoms with Crippen LogP contribution < -0.4 is 15.2 Å². The quantitative estimate of drug-likeness (QED) is 0.125. The van der Waals surface area contributed by atoms with Crippen molar-refractivity contribution in [3.8, 4) is 11.5 Å². The second-order valence-corrected chi connectivity index (χ2v) is 10.8. The Labute approximate surface area is 243 Å². The van der Waals surface area contributed by atoms with Crippen LogP contribution in [0.5, 0.6) is 11.5 Å². The van der Waals surface area contributed by atoms with E-state index < -0.39 is 36.3 Å². The summed E-state index contributed by atoms with van der Waals surface area (Å²) in [5, 5.41) is 9.69. The number of aliphatic carboxylic acids is 1. The van der Waals surface area contributed by atoms with Crippen LogP contribution in [-0.4, -0.2) is 54.7 Å². The highest BCUT2D eigenvalue weighted by molar-refractivity contribution is 5.75. The number of hydrogen-bond acceptors (Lipinski definition) is 10. The van der Waals surface area contributed by atoms with Crippen molar-refractivity contribution in [3.05, 3.63) is 23.8 Å². The van der Waals surface area contributed by atoms with Gasteiger partial charge in [0.1, 0.15) is 6.04 Å². The van der Waals surface area contributed by atoms with Crippen molar-refractivity contribution in [2.24, 2.45) is 23.5 Å². The molecule has 11 nitrogen and oxygen atoms in total. The topological polar surface area (TPSA) is 161 Å². The fourth-order valence-corrected chi connectivity index (χ4v) is 3.58. The molecule has 11 heteroatoms. The predicted octanol–water partition coefficient (Wildman–Crippen LogP) is 6.06. The molecule has 41 heavy (non-hydrogen) atoms. The number of benzene rings is 1. The molecule has 0 aliphatic carbocycles. The van der Waals surface area contributed by atoms with Crippen molar-refractivity contribution in [2.75, 3.05) is 13.2 Å². The Bertz CT molecular complexity index is 997. The first kappa shape index (κ1) is 35.7. The molecule has 1 aromatic carbocycles. The zero-order valence-corrected chi connectivity index (χ0v) is 25.3. The third kappa shape index (κ3) is 13.2. The monoisotopic (exact) mass is 581 g/mol. The van der Waals surface area contributed by atoms with E-state index in [1.807, 2.05) is 41.5 Å². The molecule has 0 aliphatic heterocycles. The molecule has 0 spiro atoms. The highest BCUT2D eigenvalue weighted by Gasteiger charge is 2.30. The van der Waals surface area contributed by atoms with Crippen LogP contribution in [0, 0.1) is 17.8 Å². The molecular formula is C30H47NO10. The molecule has 0 saturated carbocycles. The summed E-state index contributed by atoms with van der Waals surface area (Å²) in [6.45, 7) is 13.6. The highest BCUT2D eigenvalue weighted by atomic mass is 16.7. The van der Waals surface area contributed by atoms with Crippen LogP contribution in [0.15, 0.2) is 18.2 Å². The molecule has 0 radical (unpaired) electrons. The van der Waals surface area contributed by atoms with Crippen LogP contribution in [0.2, 0.25) is 0 Å². The molecule has 6 atom stereocenters. The molecule has 3 N–H and O–H groups in total. The molecule has 5 unspecified atom stereocenters. The van der Waals surface area contributed by atoms with Gasteiger partial charge in [0.2, 0.25) is 0 Å². The number of carbonyl (C=O) groups is 4. The van der Waals surface area contributed by atoms with E-state index in [0.29, 0.717) is 5.56 Å². The van der Waals surface area contributed by atoms with Gasteiger partial charge in [-0.1, -0.05) is 66.9 Å². The zero-order valence-electron chi connectivity index (χ0n) is 25.3. The Balaban J connectivity index is 3.28. The van der Waals surface area contributed by atoms with Gasteiger partial charge in [-0.3, -0.25) is 9.59 Å². The van der Waals surface area contributed by atoms with Crippen molar-refractivity contribution in [1.29, 1.82) is 0 Å².